The Morgan fingerprint density at radius 1 is 1.12 bits per heavy atom. The van der Waals surface area contributed by atoms with E-state index >= 15 is 0 Å². The van der Waals surface area contributed by atoms with Crippen LogP contribution in [0.15, 0.2) is 35.8 Å². The molecule has 2 aromatic rings. The van der Waals surface area contributed by atoms with Gasteiger partial charge in [0, 0.05) is 62.5 Å². The predicted molar refractivity (Wildman–Crippen MR) is 133 cm³/mol. The van der Waals surface area contributed by atoms with E-state index in [9.17, 15) is 9.59 Å². The van der Waals surface area contributed by atoms with Crippen molar-refractivity contribution in [2.24, 2.45) is 0 Å². The van der Waals surface area contributed by atoms with E-state index in [2.05, 4.69) is 9.88 Å². The lowest BCUT2D eigenvalue weighted by Crippen LogP contribution is -2.52. The summed E-state index contributed by atoms with van der Waals surface area (Å²) < 4.78 is 12.4. The molecule has 0 radical (unpaired) electrons. The number of carbonyl (C=O) groups excluding carboxylic acids is 2. The molecule has 3 fully saturated rings. The first-order valence-electron chi connectivity index (χ1n) is 11.8. The summed E-state index contributed by atoms with van der Waals surface area (Å²) in [7, 11) is -0.457. The molecule has 4 heterocycles. The average molecular weight is 482 g/mol. The minimum absolute atomic E-state index is 0.00158. The number of thiazole rings is 1. The van der Waals surface area contributed by atoms with Crippen molar-refractivity contribution in [3.05, 3.63) is 40.8 Å². The second-order valence-electron chi connectivity index (χ2n) is 10.2. The molecule has 180 valence electrons. The van der Waals surface area contributed by atoms with Gasteiger partial charge in [0.1, 0.15) is 0 Å². The molecule has 5 rings (SSSR count). The third-order valence-corrected chi connectivity index (χ3v) is 8.31. The molecule has 0 saturated carbocycles. The number of carbonyl (C=O) groups is 2. The smallest absolute Gasteiger partial charge is 0.399 e. The lowest BCUT2D eigenvalue weighted by Gasteiger charge is -2.37. The fourth-order valence-corrected chi connectivity index (χ4v) is 5.36. The maximum absolute atomic E-state index is 13.0. The van der Waals surface area contributed by atoms with Crippen molar-refractivity contribution in [1.29, 1.82) is 0 Å². The molecule has 1 atom stereocenters. The maximum atomic E-state index is 13.0. The molecule has 34 heavy (non-hydrogen) atoms. The van der Waals surface area contributed by atoms with E-state index in [0.717, 1.165) is 24.2 Å². The van der Waals surface area contributed by atoms with Crippen LogP contribution < -0.4 is 10.4 Å². The van der Waals surface area contributed by atoms with E-state index in [1.54, 1.807) is 6.20 Å². The number of benzene rings is 1. The van der Waals surface area contributed by atoms with Crippen LogP contribution >= 0.6 is 11.3 Å². The van der Waals surface area contributed by atoms with Gasteiger partial charge >= 0.3 is 7.12 Å². The summed E-state index contributed by atoms with van der Waals surface area (Å²) in [5, 5.41) is 2.36. The van der Waals surface area contributed by atoms with Gasteiger partial charge in [0.25, 0.3) is 5.91 Å². The Kier molecular flexibility index (Phi) is 6.04. The summed E-state index contributed by atoms with van der Waals surface area (Å²) in [6, 6.07) is 8.07. The van der Waals surface area contributed by atoms with E-state index < -0.39 is 18.3 Å². The van der Waals surface area contributed by atoms with Crippen molar-refractivity contribution in [1.82, 2.24) is 14.8 Å². The van der Waals surface area contributed by atoms with Crippen LogP contribution in [0.1, 0.15) is 43.9 Å². The van der Waals surface area contributed by atoms with Crippen LogP contribution in [0.25, 0.3) is 0 Å². The monoisotopic (exact) mass is 482 g/mol. The van der Waals surface area contributed by atoms with Gasteiger partial charge in [-0.15, -0.1) is 11.3 Å². The van der Waals surface area contributed by atoms with Crippen molar-refractivity contribution >= 4 is 41.4 Å². The zero-order valence-electron chi connectivity index (χ0n) is 20.2. The molecule has 3 aliphatic rings. The van der Waals surface area contributed by atoms with E-state index in [1.165, 1.54) is 11.3 Å². The molecule has 0 bridgehead atoms. The average Bonchev–Trinajstić information content (AvgIpc) is 3.52. The summed E-state index contributed by atoms with van der Waals surface area (Å²) in [6.45, 7) is 11.6. The molecule has 1 unspecified atom stereocenters. The van der Waals surface area contributed by atoms with Gasteiger partial charge in [0.2, 0.25) is 5.91 Å². The Bertz CT molecular complexity index is 1050. The number of rotatable bonds is 4. The molecule has 3 aliphatic heterocycles. The number of aromatic nitrogens is 1. The van der Waals surface area contributed by atoms with Crippen molar-refractivity contribution < 1.29 is 18.9 Å². The fraction of sp³-hybridized carbons (Fsp3) is 0.542. The Morgan fingerprint density at radius 3 is 2.47 bits per heavy atom. The first-order chi connectivity index (χ1) is 16.1. The predicted octanol–water partition coefficient (Wildman–Crippen LogP) is 2.01. The third kappa shape index (κ3) is 4.28. The van der Waals surface area contributed by atoms with Crippen LogP contribution in [-0.4, -0.2) is 83.7 Å². The summed E-state index contributed by atoms with van der Waals surface area (Å²) in [5.74, 6) is 0.121. The van der Waals surface area contributed by atoms with Crippen molar-refractivity contribution in [3.63, 3.8) is 0 Å². The van der Waals surface area contributed by atoms with Crippen LogP contribution in [0.3, 0.4) is 0 Å². The molecule has 1 aromatic heterocycles. The molecule has 0 N–H and O–H groups in total. The largest absolute Gasteiger partial charge is 0.494 e. The SMILES string of the molecule is CC1(C)OB(c2cccc(N3CC(N4CCN(C(=O)c5nccs5)CC4)CC3=O)c2)OC1(C)C. The maximum Gasteiger partial charge on any atom is 0.494 e. The first-order valence-corrected chi connectivity index (χ1v) is 12.7. The molecule has 1 aromatic carbocycles. The Balaban J connectivity index is 1.22. The van der Waals surface area contributed by atoms with E-state index in [-0.39, 0.29) is 17.9 Å². The second kappa shape index (κ2) is 8.75. The van der Waals surface area contributed by atoms with Crippen LogP contribution in [0.2, 0.25) is 0 Å². The van der Waals surface area contributed by atoms with Crippen molar-refractivity contribution in [2.75, 3.05) is 37.6 Å². The molecular formula is C24H31BN4O4S. The minimum atomic E-state index is -0.457. The van der Waals surface area contributed by atoms with Crippen LogP contribution in [0.5, 0.6) is 0 Å². The highest BCUT2D eigenvalue weighted by Gasteiger charge is 2.51. The standard InChI is InChI=1S/C24H31BN4O4S/c1-23(2)24(3,4)33-25(32-23)17-6-5-7-18(14-17)29-16-19(15-20(29)30)27-9-11-28(12-10-27)22(31)21-26-8-13-34-21/h5-8,13-14,19H,9-12,15-16H2,1-4H3. The minimum Gasteiger partial charge on any atom is -0.399 e. The van der Waals surface area contributed by atoms with Gasteiger partial charge in [-0.25, -0.2) is 4.98 Å². The Hall–Kier alpha value is -2.27. The summed E-state index contributed by atoms with van der Waals surface area (Å²) in [6.07, 6.45) is 2.15. The van der Waals surface area contributed by atoms with E-state index in [0.29, 0.717) is 31.1 Å². The van der Waals surface area contributed by atoms with Gasteiger partial charge in [0.05, 0.1) is 11.2 Å². The number of nitrogens with zero attached hydrogens (tertiary/aromatic N) is 4. The zero-order chi connectivity index (χ0) is 24.1. The lowest BCUT2D eigenvalue weighted by molar-refractivity contribution is -0.117. The van der Waals surface area contributed by atoms with Gasteiger partial charge < -0.3 is 19.1 Å². The lowest BCUT2D eigenvalue weighted by atomic mass is 9.79. The Labute approximate surface area is 205 Å². The molecule has 10 heteroatoms. The molecule has 0 spiro atoms. The van der Waals surface area contributed by atoms with Crippen LogP contribution in [0.4, 0.5) is 5.69 Å². The highest BCUT2D eigenvalue weighted by molar-refractivity contribution is 7.11. The van der Waals surface area contributed by atoms with Gasteiger partial charge in [-0.1, -0.05) is 12.1 Å². The van der Waals surface area contributed by atoms with Crippen LogP contribution in [0, 0.1) is 0 Å². The quantitative estimate of drug-likeness (QED) is 0.621. The number of hydrogen-bond donors (Lipinski definition) is 0. The summed E-state index contributed by atoms with van der Waals surface area (Å²) in [5.41, 5.74) is 0.968. The zero-order valence-corrected chi connectivity index (χ0v) is 21.0. The Morgan fingerprint density at radius 2 is 1.82 bits per heavy atom. The van der Waals surface area contributed by atoms with Gasteiger partial charge in [0.15, 0.2) is 5.01 Å². The molecular weight excluding hydrogens is 451 g/mol. The topological polar surface area (TPSA) is 75.2 Å². The highest BCUT2D eigenvalue weighted by Crippen LogP contribution is 2.36. The second-order valence-corrected chi connectivity index (χ2v) is 11.1. The number of hydrogen-bond acceptors (Lipinski definition) is 7. The van der Waals surface area contributed by atoms with Crippen LogP contribution in [-0.2, 0) is 14.1 Å². The number of piperazine rings is 1. The normalized spacial score (nSPS) is 24.8. The molecule has 8 nitrogen and oxygen atoms in total. The molecule has 0 aliphatic carbocycles. The van der Waals surface area contributed by atoms with Gasteiger partial charge in [-0.05, 0) is 45.3 Å². The summed E-state index contributed by atoms with van der Waals surface area (Å²) >= 11 is 1.37. The van der Waals surface area contributed by atoms with Gasteiger partial charge in [-0.2, -0.15) is 0 Å². The van der Waals surface area contributed by atoms with Crippen molar-refractivity contribution in [3.8, 4) is 0 Å². The van der Waals surface area contributed by atoms with Crippen molar-refractivity contribution in [2.45, 2.75) is 51.4 Å². The van der Waals surface area contributed by atoms with Gasteiger partial charge in [-0.3, -0.25) is 14.5 Å². The molecule has 3 saturated heterocycles. The van der Waals surface area contributed by atoms with E-state index in [1.807, 2.05) is 67.1 Å². The highest BCUT2D eigenvalue weighted by atomic mass is 32.1. The summed E-state index contributed by atoms with van der Waals surface area (Å²) in [4.78, 5) is 35.7. The first kappa shape index (κ1) is 23.5. The van der Waals surface area contributed by atoms with E-state index in [4.69, 9.17) is 9.31 Å². The number of anilines is 1. The fourth-order valence-electron chi connectivity index (χ4n) is 4.76. The third-order valence-electron chi connectivity index (χ3n) is 7.55. The number of amides is 2. The molecule has 2 amide bonds.